The van der Waals surface area contributed by atoms with Crippen LogP contribution in [-0.2, 0) is 16.6 Å². The summed E-state index contributed by atoms with van der Waals surface area (Å²) in [5.74, 6) is 0. The molecule has 6 heteroatoms. The number of nitrogens with one attached hydrogen (secondary N) is 2. The van der Waals surface area contributed by atoms with Crippen molar-refractivity contribution in [2.75, 3.05) is 0 Å². The number of aryl methyl sites for hydroxylation is 1. The predicted octanol–water partition coefficient (Wildman–Crippen LogP) is 2.35. The lowest BCUT2D eigenvalue weighted by molar-refractivity contribution is 0.577. The Morgan fingerprint density at radius 3 is 2.62 bits per heavy atom. The topological polar surface area (TPSA) is 74.8 Å². The van der Waals surface area contributed by atoms with E-state index < -0.39 is 10.0 Å². The van der Waals surface area contributed by atoms with Gasteiger partial charge in [0.2, 0.25) is 0 Å². The fraction of sp³-hybridized carbons (Fsp3) is 0.133. The van der Waals surface area contributed by atoms with Crippen LogP contribution in [0.5, 0.6) is 0 Å². The van der Waals surface area contributed by atoms with E-state index >= 15 is 0 Å². The second-order valence-corrected chi connectivity index (χ2v) is 6.47. The number of nitrogens with zero attached hydrogens (tertiary/aromatic N) is 1. The number of aromatic nitrogens is 2. The van der Waals surface area contributed by atoms with Gasteiger partial charge in [-0.1, -0.05) is 24.3 Å². The molecule has 5 nitrogen and oxygen atoms in total. The van der Waals surface area contributed by atoms with Crippen LogP contribution in [0.15, 0.2) is 53.7 Å². The number of fused-ring (bicyclic) bond motifs is 1. The first kappa shape index (κ1) is 13.8. The summed E-state index contributed by atoms with van der Waals surface area (Å²) in [6.45, 7) is 1.96. The Morgan fingerprint density at radius 2 is 1.90 bits per heavy atom. The zero-order chi connectivity index (χ0) is 14.9. The van der Waals surface area contributed by atoms with Crippen LogP contribution in [0.2, 0.25) is 0 Å². The minimum atomic E-state index is -3.60. The van der Waals surface area contributed by atoms with Gasteiger partial charge < -0.3 is 4.98 Å². The molecule has 1 aromatic carbocycles. The quantitative estimate of drug-likeness (QED) is 0.776. The molecule has 0 aliphatic carbocycles. The maximum atomic E-state index is 12.4. The summed E-state index contributed by atoms with van der Waals surface area (Å²) in [5, 5.41) is 1.12. The minimum Gasteiger partial charge on any atom is -0.344 e. The Morgan fingerprint density at radius 1 is 1.14 bits per heavy atom. The number of rotatable bonds is 4. The number of benzene rings is 1. The van der Waals surface area contributed by atoms with Gasteiger partial charge in [-0.05, 0) is 30.7 Å². The molecule has 21 heavy (non-hydrogen) atoms. The lowest BCUT2D eigenvalue weighted by Gasteiger charge is -2.05. The molecule has 0 aliphatic rings. The number of sulfonamides is 1. The van der Waals surface area contributed by atoms with E-state index in [1.807, 2.05) is 30.3 Å². The summed E-state index contributed by atoms with van der Waals surface area (Å²) in [6, 6.07) is 12.9. The summed E-state index contributed by atoms with van der Waals surface area (Å²) >= 11 is 0. The van der Waals surface area contributed by atoms with Gasteiger partial charge in [0.1, 0.15) is 0 Å². The van der Waals surface area contributed by atoms with E-state index in [4.69, 9.17) is 0 Å². The zero-order valence-electron chi connectivity index (χ0n) is 11.5. The molecule has 0 unspecified atom stereocenters. The summed E-state index contributed by atoms with van der Waals surface area (Å²) in [6.07, 6.45) is 1.64. The van der Waals surface area contributed by atoms with E-state index in [1.165, 1.54) is 0 Å². The van der Waals surface area contributed by atoms with E-state index in [0.717, 1.165) is 16.5 Å². The third-order valence-corrected chi connectivity index (χ3v) is 4.83. The van der Waals surface area contributed by atoms with Gasteiger partial charge >= 0.3 is 0 Å². The van der Waals surface area contributed by atoms with E-state index in [1.54, 1.807) is 25.3 Å². The highest BCUT2D eigenvalue weighted by Gasteiger charge is 2.20. The first-order valence-corrected chi connectivity index (χ1v) is 8.03. The molecule has 3 aromatic rings. The Labute approximate surface area is 123 Å². The number of para-hydroxylation sites is 1. The van der Waals surface area contributed by atoms with Crippen molar-refractivity contribution in [3.8, 4) is 0 Å². The Hall–Kier alpha value is -2.18. The highest BCUT2D eigenvalue weighted by atomic mass is 32.2. The molecule has 2 aromatic heterocycles. The average Bonchev–Trinajstić information content (AvgIpc) is 2.85. The standard InChI is InChI=1S/C15H15N3O2S/c1-11-13-7-2-3-8-14(13)18-15(11)21(19,20)17-10-12-6-4-5-9-16-12/h2-9,17-18H,10H2,1H3. The fourth-order valence-corrected chi connectivity index (χ4v) is 3.51. The maximum Gasteiger partial charge on any atom is 0.256 e. The molecule has 0 atom stereocenters. The molecule has 0 amide bonds. The van der Waals surface area contributed by atoms with Gasteiger partial charge in [0.15, 0.2) is 5.03 Å². The Kier molecular flexibility index (Phi) is 3.48. The third kappa shape index (κ3) is 2.68. The molecular weight excluding hydrogens is 286 g/mol. The number of hydrogen-bond acceptors (Lipinski definition) is 3. The molecule has 0 saturated carbocycles. The highest BCUT2D eigenvalue weighted by molar-refractivity contribution is 7.89. The van der Waals surface area contributed by atoms with E-state index in [-0.39, 0.29) is 11.6 Å². The lowest BCUT2D eigenvalue weighted by atomic mass is 10.2. The van der Waals surface area contributed by atoms with E-state index in [2.05, 4.69) is 14.7 Å². The zero-order valence-corrected chi connectivity index (χ0v) is 12.3. The van der Waals surface area contributed by atoms with Crippen molar-refractivity contribution in [1.82, 2.24) is 14.7 Å². The van der Waals surface area contributed by atoms with Gasteiger partial charge in [0.05, 0.1) is 12.2 Å². The van der Waals surface area contributed by atoms with Crippen LogP contribution in [0.25, 0.3) is 10.9 Å². The fourth-order valence-electron chi connectivity index (χ4n) is 2.27. The van der Waals surface area contributed by atoms with E-state index in [9.17, 15) is 8.42 Å². The predicted molar refractivity (Wildman–Crippen MR) is 81.3 cm³/mol. The number of H-pyrrole nitrogens is 1. The van der Waals surface area contributed by atoms with Crippen LogP contribution < -0.4 is 4.72 Å². The summed E-state index contributed by atoms with van der Waals surface area (Å²) in [4.78, 5) is 7.07. The van der Waals surface area contributed by atoms with Gasteiger partial charge in [0, 0.05) is 17.1 Å². The van der Waals surface area contributed by atoms with Crippen molar-refractivity contribution >= 4 is 20.9 Å². The molecule has 108 valence electrons. The Balaban J connectivity index is 1.91. The van der Waals surface area contributed by atoms with Gasteiger partial charge in [-0.15, -0.1) is 0 Å². The van der Waals surface area contributed by atoms with Crippen LogP contribution in [-0.4, -0.2) is 18.4 Å². The normalized spacial score (nSPS) is 11.9. The van der Waals surface area contributed by atoms with Crippen LogP contribution in [0.3, 0.4) is 0 Å². The lowest BCUT2D eigenvalue weighted by Crippen LogP contribution is -2.24. The van der Waals surface area contributed by atoms with E-state index in [0.29, 0.717) is 5.69 Å². The number of hydrogen-bond donors (Lipinski definition) is 2. The van der Waals surface area contributed by atoms with Crippen LogP contribution in [0.4, 0.5) is 0 Å². The molecule has 0 bridgehead atoms. The smallest absolute Gasteiger partial charge is 0.256 e. The molecular formula is C15H15N3O2S. The second-order valence-electron chi connectivity index (χ2n) is 4.77. The molecule has 0 radical (unpaired) electrons. The Bertz CT molecular complexity index is 870. The van der Waals surface area contributed by atoms with Crippen LogP contribution in [0, 0.1) is 6.92 Å². The van der Waals surface area contributed by atoms with Gasteiger partial charge in [-0.25, -0.2) is 13.1 Å². The minimum absolute atomic E-state index is 0.165. The molecule has 2 heterocycles. The summed E-state index contributed by atoms with van der Waals surface area (Å²) in [7, 11) is -3.60. The molecule has 3 rings (SSSR count). The van der Waals surface area contributed by atoms with Crippen molar-refractivity contribution in [1.29, 1.82) is 0 Å². The maximum absolute atomic E-state index is 12.4. The first-order chi connectivity index (χ1) is 10.1. The van der Waals surface area contributed by atoms with Crippen molar-refractivity contribution in [2.45, 2.75) is 18.5 Å². The van der Waals surface area contributed by atoms with Crippen molar-refractivity contribution in [3.05, 3.63) is 59.9 Å². The summed E-state index contributed by atoms with van der Waals surface area (Å²) in [5.41, 5.74) is 2.21. The molecule has 0 spiro atoms. The second kappa shape index (κ2) is 5.31. The van der Waals surface area contributed by atoms with Gasteiger partial charge in [-0.3, -0.25) is 4.98 Å². The van der Waals surface area contributed by atoms with Gasteiger partial charge in [-0.2, -0.15) is 0 Å². The number of aromatic amines is 1. The van der Waals surface area contributed by atoms with Gasteiger partial charge in [0.25, 0.3) is 10.0 Å². The molecule has 0 aliphatic heterocycles. The summed E-state index contributed by atoms with van der Waals surface area (Å²) < 4.78 is 27.4. The average molecular weight is 301 g/mol. The van der Waals surface area contributed by atoms with Crippen molar-refractivity contribution in [2.24, 2.45) is 0 Å². The molecule has 0 fully saturated rings. The largest absolute Gasteiger partial charge is 0.344 e. The molecule has 0 saturated heterocycles. The number of pyridine rings is 1. The van der Waals surface area contributed by atoms with Crippen LogP contribution in [0.1, 0.15) is 11.3 Å². The SMILES string of the molecule is Cc1c(S(=O)(=O)NCc2ccccn2)[nH]c2ccccc12. The van der Waals surface area contributed by atoms with Crippen molar-refractivity contribution in [3.63, 3.8) is 0 Å². The van der Waals surface area contributed by atoms with Crippen molar-refractivity contribution < 1.29 is 8.42 Å². The first-order valence-electron chi connectivity index (χ1n) is 6.55. The highest BCUT2D eigenvalue weighted by Crippen LogP contribution is 2.24. The van der Waals surface area contributed by atoms with Crippen LogP contribution >= 0.6 is 0 Å². The third-order valence-electron chi connectivity index (χ3n) is 3.36. The molecule has 2 N–H and O–H groups in total. The monoisotopic (exact) mass is 301 g/mol.